The van der Waals surface area contributed by atoms with Crippen LogP contribution in [0.3, 0.4) is 0 Å². The standard InChI is InChI=1S/C10H11ClN2O3S/c1-13(10(12)14)8-5-17(15,16)9-3-2-6(11)4-7(8)9/h2-4,8H,5H2,1H3,(H2,12,14). The summed E-state index contributed by atoms with van der Waals surface area (Å²) in [5, 5.41) is 0.434. The molecule has 92 valence electrons. The van der Waals surface area contributed by atoms with Gasteiger partial charge in [0, 0.05) is 12.1 Å². The van der Waals surface area contributed by atoms with E-state index >= 15 is 0 Å². The molecule has 5 nitrogen and oxygen atoms in total. The molecule has 1 unspecified atom stereocenters. The third-order valence-corrected chi connectivity index (χ3v) is 4.89. The van der Waals surface area contributed by atoms with Crippen molar-refractivity contribution in [1.82, 2.24) is 4.90 Å². The first-order valence-corrected chi connectivity index (χ1v) is 6.90. The lowest BCUT2D eigenvalue weighted by atomic mass is 10.1. The first kappa shape index (κ1) is 12.2. The summed E-state index contributed by atoms with van der Waals surface area (Å²) in [5.41, 5.74) is 5.69. The number of hydrogen-bond acceptors (Lipinski definition) is 3. The van der Waals surface area contributed by atoms with E-state index in [0.29, 0.717) is 10.6 Å². The highest BCUT2D eigenvalue weighted by molar-refractivity contribution is 7.91. The predicted octanol–water partition coefficient (Wildman–Crippen LogP) is 1.18. The first-order chi connectivity index (χ1) is 7.83. The molecule has 0 aromatic heterocycles. The van der Waals surface area contributed by atoms with Gasteiger partial charge in [-0.15, -0.1) is 0 Å². The first-order valence-electron chi connectivity index (χ1n) is 4.87. The molecule has 1 aliphatic heterocycles. The average Bonchev–Trinajstić information content (AvgIpc) is 2.49. The maximum Gasteiger partial charge on any atom is 0.315 e. The molecular formula is C10H11ClN2O3S. The fourth-order valence-electron chi connectivity index (χ4n) is 1.92. The fraction of sp³-hybridized carbons (Fsp3) is 0.300. The highest BCUT2D eigenvalue weighted by Gasteiger charge is 2.38. The molecule has 0 bridgehead atoms. The van der Waals surface area contributed by atoms with Crippen LogP contribution in [-0.4, -0.2) is 32.1 Å². The molecule has 1 aromatic rings. The molecule has 2 rings (SSSR count). The largest absolute Gasteiger partial charge is 0.351 e. The number of fused-ring (bicyclic) bond motifs is 1. The molecule has 17 heavy (non-hydrogen) atoms. The van der Waals surface area contributed by atoms with Crippen LogP contribution in [0.5, 0.6) is 0 Å². The Kier molecular flexibility index (Phi) is 2.79. The summed E-state index contributed by atoms with van der Waals surface area (Å²) in [4.78, 5) is 12.5. The monoisotopic (exact) mass is 274 g/mol. The number of amides is 2. The number of carbonyl (C=O) groups is 1. The minimum Gasteiger partial charge on any atom is -0.351 e. The smallest absolute Gasteiger partial charge is 0.315 e. The van der Waals surface area contributed by atoms with Crippen molar-refractivity contribution in [2.24, 2.45) is 5.73 Å². The van der Waals surface area contributed by atoms with Gasteiger partial charge in [0.05, 0.1) is 16.7 Å². The average molecular weight is 275 g/mol. The van der Waals surface area contributed by atoms with Crippen LogP contribution in [0.2, 0.25) is 5.02 Å². The van der Waals surface area contributed by atoms with Gasteiger partial charge in [-0.05, 0) is 23.8 Å². The molecule has 0 saturated heterocycles. The lowest BCUT2D eigenvalue weighted by Gasteiger charge is -2.22. The quantitative estimate of drug-likeness (QED) is 0.835. The lowest BCUT2D eigenvalue weighted by Crippen LogP contribution is -2.36. The van der Waals surface area contributed by atoms with E-state index in [1.54, 1.807) is 6.07 Å². The fourth-order valence-corrected chi connectivity index (χ4v) is 3.93. The van der Waals surface area contributed by atoms with Gasteiger partial charge in [0.1, 0.15) is 0 Å². The number of hydrogen-bond donors (Lipinski definition) is 1. The van der Waals surface area contributed by atoms with Crippen molar-refractivity contribution < 1.29 is 13.2 Å². The molecule has 2 amide bonds. The Labute approximate surface area is 104 Å². The molecule has 1 aliphatic rings. The number of nitrogens with two attached hydrogens (primary N) is 1. The Morgan fingerprint density at radius 2 is 2.18 bits per heavy atom. The van der Waals surface area contributed by atoms with Crippen molar-refractivity contribution in [2.75, 3.05) is 12.8 Å². The van der Waals surface area contributed by atoms with E-state index in [1.165, 1.54) is 24.1 Å². The number of carbonyl (C=O) groups excluding carboxylic acids is 1. The van der Waals surface area contributed by atoms with Gasteiger partial charge >= 0.3 is 6.03 Å². The van der Waals surface area contributed by atoms with E-state index < -0.39 is 21.9 Å². The minimum atomic E-state index is -3.36. The third kappa shape index (κ3) is 1.98. The number of rotatable bonds is 1. The molecule has 1 atom stereocenters. The van der Waals surface area contributed by atoms with Crippen LogP contribution < -0.4 is 5.73 Å². The van der Waals surface area contributed by atoms with Crippen molar-refractivity contribution in [2.45, 2.75) is 10.9 Å². The van der Waals surface area contributed by atoms with Crippen molar-refractivity contribution in [1.29, 1.82) is 0 Å². The van der Waals surface area contributed by atoms with E-state index in [4.69, 9.17) is 17.3 Å². The van der Waals surface area contributed by atoms with Crippen LogP contribution in [0.1, 0.15) is 11.6 Å². The number of sulfone groups is 1. The maximum atomic E-state index is 11.9. The second-order valence-electron chi connectivity index (χ2n) is 3.93. The van der Waals surface area contributed by atoms with Gasteiger partial charge in [-0.3, -0.25) is 0 Å². The molecule has 2 N–H and O–H groups in total. The molecule has 0 radical (unpaired) electrons. The molecule has 0 spiro atoms. The summed E-state index contributed by atoms with van der Waals surface area (Å²) < 4.78 is 23.8. The Morgan fingerprint density at radius 1 is 1.53 bits per heavy atom. The topological polar surface area (TPSA) is 80.5 Å². The van der Waals surface area contributed by atoms with E-state index in [0.717, 1.165) is 0 Å². The van der Waals surface area contributed by atoms with Crippen LogP contribution in [0.25, 0.3) is 0 Å². The van der Waals surface area contributed by atoms with Gasteiger partial charge in [0.15, 0.2) is 9.84 Å². The number of nitrogens with zero attached hydrogens (tertiary/aromatic N) is 1. The molecular weight excluding hydrogens is 264 g/mol. The summed E-state index contributed by atoms with van der Waals surface area (Å²) in [6.07, 6.45) is 0. The summed E-state index contributed by atoms with van der Waals surface area (Å²) in [6, 6.07) is 3.31. The summed E-state index contributed by atoms with van der Waals surface area (Å²) >= 11 is 5.84. The summed E-state index contributed by atoms with van der Waals surface area (Å²) in [6.45, 7) is 0. The van der Waals surface area contributed by atoms with Gasteiger partial charge in [-0.2, -0.15) is 0 Å². The molecule has 1 aromatic carbocycles. The van der Waals surface area contributed by atoms with Gasteiger partial charge in [0.25, 0.3) is 0 Å². The second-order valence-corrected chi connectivity index (χ2v) is 6.37. The molecule has 1 heterocycles. The summed E-state index contributed by atoms with van der Waals surface area (Å²) in [5.74, 6) is -0.151. The SMILES string of the molecule is CN(C(N)=O)C1CS(=O)(=O)c2ccc(Cl)cc21. The predicted molar refractivity (Wildman–Crippen MR) is 63.6 cm³/mol. The normalized spacial score (nSPS) is 20.9. The zero-order chi connectivity index (χ0) is 12.8. The Morgan fingerprint density at radius 3 is 2.76 bits per heavy atom. The van der Waals surface area contributed by atoms with E-state index in [-0.39, 0.29) is 10.6 Å². The van der Waals surface area contributed by atoms with Gasteiger partial charge in [-0.25, -0.2) is 13.2 Å². The number of benzene rings is 1. The molecule has 0 fully saturated rings. The van der Waals surface area contributed by atoms with Crippen LogP contribution in [0.15, 0.2) is 23.1 Å². The van der Waals surface area contributed by atoms with Crippen molar-refractivity contribution in [3.63, 3.8) is 0 Å². The second kappa shape index (κ2) is 3.89. The molecule has 7 heteroatoms. The van der Waals surface area contributed by atoms with Gasteiger partial charge < -0.3 is 10.6 Å². The van der Waals surface area contributed by atoms with E-state index in [1.807, 2.05) is 0 Å². The zero-order valence-corrected chi connectivity index (χ0v) is 10.6. The highest BCUT2D eigenvalue weighted by Crippen LogP contribution is 2.37. The summed E-state index contributed by atoms with van der Waals surface area (Å²) in [7, 11) is -1.89. The molecule has 0 saturated carbocycles. The van der Waals surface area contributed by atoms with Crippen LogP contribution in [0.4, 0.5) is 4.79 Å². The highest BCUT2D eigenvalue weighted by atomic mass is 35.5. The van der Waals surface area contributed by atoms with Crippen molar-refractivity contribution in [3.05, 3.63) is 28.8 Å². The minimum absolute atomic E-state index is 0.151. The lowest BCUT2D eigenvalue weighted by molar-refractivity contribution is 0.205. The van der Waals surface area contributed by atoms with Gasteiger partial charge in [0.2, 0.25) is 0 Å². The van der Waals surface area contributed by atoms with Crippen LogP contribution >= 0.6 is 11.6 Å². The number of primary amides is 1. The van der Waals surface area contributed by atoms with Crippen LogP contribution in [0, 0.1) is 0 Å². The van der Waals surface area contributed by atoms with Crippen LogP contribution in [-0.2, 0) is 9.84 Å². The Hall–Kier alpha value is -1.27. The zero-order valence-electron chi connectivity index (χ0n) is 9.05. The van der Waals surface area contributed by atoms with E-state index in [2.05, 4.69) is 0 Å². The van der Waals surface area contributed by atoms with Crippen molar-refractivity contribution in [3.8, 4) is 0 Å². The Balaban J connectivity index is 2.57. The maximum absolute atomic E-state index is 11.9. The third-order valence-electron chi connectivity index (χ3n) is 2.86. The van der Waals surface area contributed by atoms with E-state index in [9.17, 15) is 13.2 Å². The number of urea groups is 1. The molecule has 0 aliphatic carbocycles. The van der Waals surface area contributed by atoms with Gasteiger partial charge in [-0.1, -0.05) is 11.6 Å². The Bertz CT molecular complexity index is 585. The van der Waals surface area contributed by atoms with Crippen molar-refractivity contribution >= 4 is 27.5 Å². The number of halogens is 1.